The van der Waals surface area contributed by atoms with Gasteiger partial charge in [0.1, 0.15) is 11.9 Å². The number of nitrogens with zero attached hydrogens (tertiary/aromatic N) is 1. The van der Waals surface area contributed by atoms with E-state index in [0.29, 0.717) is 12.4 Å². The van der Waals surface area contributed by atoms with Crippen LogP contribution >= 0.6 is 11.8 Å². The minimum absolute atomic E-state index is 0.00641. The molecule has 7 heteroatoms. The Kier molecular flexibility index (Phi) is 4.89. The maximum absolute atomic E-state index is 10.8. The lowest BCUT2D eigenvalue weighted by Gasteiger charge is -2.37. The fourth-order valence-electron chi connectivity index (χ4n) is 1.82. The lowest BCUT2D eigenvalue weighted by molar-refractivity contribution is -0.385. The van der Waals surface area contributed by atoms with Crippen LogP contribution in [-0.2, 0) is 4.43 Å². The number of thioether (sulfide) groups is 1. The summed E-state index contributed by atoms with van der Waals surface area (Å²) in [6.45, 7) is 11.7. The number of fused-ring (bicyclic) bond motifs is 1. The molecule has 0 aliphatic carbocycles. The van der Waals surface area contributed by atoms with Crippen LogP contribution in [0.5, 0.6) is 5.75 Å². The van der Waals surface area contributed by atoms with Gasteiger partial charge in [0.2, 0.25) is 0 Å². The highest BCUT2D eigenvalue weighted by Gasteiger charge is 2.38. The van der Waals surface area contributed by atoms with Gasteiger partial charge in [-0.1, -0.05) is 20.8 Å². The van der Waals surface area contributed by atoms with Crippen molar-refractivity contribution in [2.24, 2.45) is 0 Å². The largest absolute Gasteiger partial charge is 0.486 e. The Morgan fingerprint density at radius 1 is 1.45 bits per heavy atom. The van der Waals surface area contributed by atoms with Gasteiger partial charge in [-0.15, -0.1) is 11.8 Å². The highest BCUT2D eigenvalue weighted by Crippen LogP contribution is 2.39. The molecular formula is C15H23NO4SSi. The Morgan fingerprint density at radius 2 is 2.14 bits per heavy atom. The van der Waals surface area contributed by atoms with Crippen molar-refractivity contribution in [2.45, 2.75) is 49.9 Å². The van der Waals surface area contributed by atoms with E-state index in [9.17, 15) is 10.1 Å². The summed E-state index contributed by atoms with van der Waals surface area (Å²) in [5, 5.41) is 11.0. The normalized spacial score (nSPS) is 18.5. The molecule has 1 aromatic rings. The average molecular weight is 342 g/mol. The molecule has 0 aromatic heterocycles. The molecule has 1 aliphatic heterocycles. The van der Waals surface area contributed by atoms with Crippen LogP contribution in [0, 0.1) is 10.1 Å². The van der Waals surface area contributed by atoms with Gasteiger partial charge in [0, 0.05) is 17.9 Å². The Bertz CT molecular complexity index is 571. The molecule has 0 saturated carbocycles. The predicted molar refractivity (Wildman–Crippen MR) is 91.4 cm³/mol. The number of nitro groups is 1. The van der Waals surface area contributed by atoms with E-state index in [1.165, 1.54) is 6.07 Å². The first-order valence-electron chi connectivity index (χ1n) is 7.32. The van der Waals surface area contributed by atoms with Crippen LogP contribution in [0.2, 0.25) is 18.1 Å². The Labute approximate surface area is 136 Å². The number of hydrogen-bond acceptors (Lipinski definition) is 5. The van der Waals surface area contributed by atoms with Crippen LogP contribution in [0.25, 0.3) is 0 Å². The van der Waals surface area contributed by atoms with Crippen molar-refractivity contribution in [1.29, 1.82) is 0 Å². The van der Waals surface area contributed by atoms with Crippen LogP contribution in [0.1, 0.15) is 20.8 Å². The third-order valence-corrected chi connectivity index (χ3v) is 9.96. The minimum atomic E-state index is -1.78. The van der Waals surface area contributed by atoms with Gasteiger partial charge in [-0.2, -0.15) is 0 Å². The van der Waals surface area contributed by atoms with Crippen molar-refractivity contribution >= 4 is 25.8 Å². The van der Waals surface area contributed by atoms with Gasteiger partial charge in [-0.05, 0) is 24.2 Å². The SMILES string of the molecule is CC(C)(C)[Si](C)(C)OC[C@@H]1CSc2cc([N+](=O)[O-])ccc2O1. The Hall–Kier alpha value is -1.05. The first-order chi connectivity index (χ1) is 10.1. The third kappa shape index (κ3) is 3.82. The van der Waals surface area contributed by atoms with E-state index >= 15 is 0 Å². The van der Waals surface area contributed by atoms with Gasteiger partial charge in [0.25, 0.3) is 5.69 Å². The highest BCUT2D eigenvalue weighted by molar-refractivity contribution is 7.99. The van der Waals surface area contributed by atoms with Gasteiger partial charge in [0.05, 0.1) is 16.4 Å². The smallest absolute Gasteiger partial charge is 0.270 e. The number of nitro benzene ring substituents is 1. The zero-order valence-corrected chi connectivity index (χ0v) is 15.5. The predicted octanol–water partition coefficient (Wildman–Crippen LogP) is 4.47. The van der Waals surface area contributed by atoms with Gasteiger partial charge in [-0.25, -0.2) is 0 Å². The Balaban J connectivity index is 2.00. The summed E-state index contributed by atoms with van der Waals surface area (Å²) in [6.07, 6.45) is -0.00641. The number of non-ortho nitro benzene ring substituents is 1. The summed E-state index contributed by atoms with van der Waals surface area (Å²) < 4.78 is 12.1. The summed E-state index contributed by atoms with van der Waals surface area (Å²) in [5.74, 6) is 1.47. The fraction of sp³-hybridized carbons (Fsp3) is 0.600. The Morgan fingerprint density at radius 3 is 2.73 bits per heavy atom. The molecule has 1 aliphatic rings. The standard InChI is InChI=1S/C15H23NO4SSi/c1-15(2,3)22(4,5)19-9-12-10-21-14-8-11(16(17)18)6-7-13(14)20-12/h6-8,12H,9-10H2,1-5H3/t12-/m1/s1. The van der Waals surface area contributed by atoms with Crippen molar-refractivity contribution in [3.63, 3.8) is 0 Å². The maximum atomic E-state index is 10.8. The van der Waals surface area contributed by atoms with Crippen molar-refractivity contribution in [3.8, 4) is 5.75 Å². The molecule has 0 radical (unpaired) electrons. The highest BCUT2D eigenvalue weighted by atomic mass is 32.2. The van der Waals surface area contributed by atoms with E-state index in [0.717, 1.165) is 10.6 Å². The zero-order valence-electron chi connectivity index (χ0n) is 13.7. The molecule has 1 heterocycles. The van der Waals surface area contributed by atoms with E-state index in [2.05, 4.69) is 33.9 Å². The molecule has 2 rings (SSSR count). The van der Waals surface area contributed by atoms with Crippen molar-refractivity contribution < 1.29 is 14.1 Å². The van der Waals surface area contributed by atoms with Crippen molar-refractivity contribution in [2.75, 3.05) is 12.4 Å². The molecule has 122 valence electrons. The molecule has 0 unspecified atom stereocenters. The van der Waals surface area contributed by atoms with Crippen LogP contribution in [0.3, 0.4) is 0 Å². The second kappa shape index (κ2) is 6.21. The van der Waals surface area contributed by atoms with E-state index in [1.807, 2.05) is 0 Å². The van der Waals surface area contributed by atoms with E-state index in [1.54, 1.807) is 23.9 Å². The molecule has 0 amide bonds. The van der Waals surface area contributed by atoms with Crippen LogP contribution in [0.15, 0.2) is 23.1 Å². The maximum Gasteiger partial charge on any atom is 0.270 e. The van der Waals surface area contributed by atoms with Gasteiger partial charge in [0.15, 0.2) is 8.32 Å². The lowest BCUT2D eigenvalue weighted by atomic mass is 10.2. The number of hydrogen-bond donors (Lipinski definition) is 0. The van der Waals surface area contributed by atoms with E-state index in [-0.39, 0.29) is 21.8 Å². The second-order valence-electron chi connectivity index (χ2n) is 7.01. The molecular weight excluding hydrogens is 318 g/mol. The molecule has 1 aromatic carbocycles. The van der Waals surface area contributed by atoms with Gasteiger partial charge in [-0.3, -0.25) is 10.1 Å². The van der Waals surface area contributed by atoms with E-state index < -0.39 is 8.32 Å². The quantitative estimate of drug-likeness (QED) is 0.459. The molecule has 0 saturated heterocycles. The minimum Gasteiger partial charge on any atom is -0.486 e. The molecule has 0 spiro atoms. The molecule has 0 N–H and O–H groups in total. The number of benzene rings is 1. The molecule has 1 atom stereocenters. The van der Waals surface area contributed by atoms with Crippen LogP contribution in [0.4, 0.5) is 5.69 Å². The molecule has 5 nitrogen and oxygen atoms in total. The average Bonchev–Trinajstić information content (AvgIpc) is 2.43. The molecule has 0 bridgehead atoms. The summed E-state index contributed by atoms with van der Waals surface area (Å²) in [4.78, 5) is 11.2. The number of rotatable bonds is 4. The summed E-state index contributed by atoms with van der Waals surface area (Å²) in [6, 6.07) is 4.74. The van der Waals surface area contributed by atoms with Gasteiger partial charge < -0.3 is 9.16 Å². The lowest BCUT2D eigenvalue weighted by Crippen LogP contribution is -2.44. The first kappa shape index (κ1) is 17.3. The van der Waals surface area contributed by atoms with E-state index in [4.69, 9.17) is 9.16 Å². The van der Waals surface area contributed by atoms with Gasteiger partial charge >= 0.3 is 0 Å². The number of ether oxygens (including phenoxy) is 1. The first-order valence-corrected chi connectivity index (χ1v) is 11.2. The second-order valence-corrected chi connectivity index (χ2v) is 12.9. The zero-order chi connectivity index (χ0) is 16.5. The molecule has 0 fully saturated rings. The fourth-order valence-corrected chi connectivity index (χ4v) is 3.84. The van der Waals surface area contributed by atoms with Crippen LogP contribution < -0.4 is 4.74 Å². The summed E-state index contributed by atoms with van der Waals surface area (Å²) in [5.41, 5.74) is 0.103. The molecule has 22 heavy (non-hydrogen) atoms. The van der Waals surface area contributed by atoms with Crippen molar-refractivity contribution in [3.05, 3.63) is 28.3 Å². The van der Waals surface area contributed by atoms with Crippen molar-refractivity contribution in [1.82, 2.24) is 0 Å². The monoisotopic (exact) mass is 341 g/mol. The topological polar surface area (TPSA) is 61.6 Å². The summed E-state index contributed by atoms with van der Waals surface area (Å²) >= 11 is 1.59. The summed E-state index contributed by atoms with van der Waals surface area (Å²) in [7, 11) is -1.78. The third-order valence-electron chi connectivity index (χ3n) is 4.29. The van der Waals surface area contributed by atoms with Crippen LogP contribution in [-0.4, -0.2) is 31.7 Å².